The van der Waals surface area contributed by atoms with Gasteiger partial charge in [-0.3, -0.25) is 0 Å². The second-order valence-electron chi connectivity index (χ2n) is 5.58. The molecule has 0 aliphatic carbocycles. The first-order chi connectivity index (χ1) is 8.88. The Morgan fingerprint density at radius 3 is 2.78 bits per heavy atom. The second kappa shape index (κ2) is 8.10. The van der Waals surface area contributed by atoms with Gasteiger partial charge in [-0.15, -0.1) is 0 Å². The van der Waals surface area contributed by atoms with Crippen LogP contribution in [0.15, 0.2) is 0 Å². The Kier molecular flexibility index (Phi) is 6.41. The molecule has 0 spiro atoms. The summed E-state index contributed by atoms with van der Waals surface area (Å²) in [6.45, 7) is 7.57. The third-order valence-electron chi connectivity index (χ3n) is 4.11. The number of hydrogen-bond acceptors (Lipinski definition) is 4. The number of rotatable bonds is 7. The van der Waals surface area contributed by atoms with E-state index in [1.54, 1.807) is 7.11 Å². The molecule has 2 heterocycles. The van der Waals surface area contributed by atoms with Crippen molar-refractivity contribution < 1.29 is 9.47 Å². The predicted molar refractivity (Wildman–Crippen MR) is 72.9 cm³/mol. The number of nitrogens with zero attached hydrogens (tertiary/aromatic N) is 1. The number of hydrogen-bond donors (Lipinski definition) is 1. The number of piperidine rings is 1. The van der Waals surface area contributed by atoms with Crippen LogP contribution in [0.25, 0.3) is 0 Å². The Balaban J connectivity index is 1.53. The maximum absolute atomic E-state index is 5.71. The zero-order valence-corrected chi connectivity index (χ0v) is 11.7. The molecular weight excluding hydrogens is 228 g/mol. The minimum atomic E-state index is 0.515. The molecule has 1 atom stereocenters. The Bertz CT molecular complexity index is 212. The summed E-state index contributed by atoms with van der Waals surface area (Å²) in [6.07, 6.45) is 5.68. The fourth-order valence-electron chi connectivity index (χ4n) is 2.93. The van der Waals surface area contributed by atoms with Gasteiger partial charge in [0.1, 0.15) is 0 Å². The molecule has 0 aromatic rings. The number of ether oxygens (including phenoxy) is 2. The fraction of sp³-hybridized carbons (Fsp3) is 1.00. The molecule has 1 unspecified atom stereocenters. The van der Waals surface area contributed by atoms with E-state index in [1.165, 1.54) is 38.8 Å². The first-order valence-electron chi connectivity index (χ1n) is 7.42. The summed E-state index contributed by atoms with van der Waals surface area (Å²) in [7, 11) is 1.76. The molecule has 0 aromatic carbocycles. The summed E-state index contributed by atoms with van der Waals surface area (Å²) < 4.78 is 10.7. The molecule has 4 nitrogen and oxygen atoms in total. The summed E-state index contributed by atoms with van der Waals surface area (Å²) in [5.41, 5.74) is 0. The van der Waals surface area contributed by atoms with E-state index in [1.807, 2.05) is 0 Å². The zero-order chi connectivity index (χ0) is 12.6. The normalized spacial score (nSPS) is 26.8. The van der Waals surface area contributed by atoms with Crippen molar-refractivity contribution >= 4 is 0 Å². The first-order valence-corrected chi connectivity index (χ1v) is 7.42. The average molecular weight is 256 g/mol. The Morgan fingerprint density at radius 1 is 1.28 bits per heavy atom. The number of likely N-dealkylation sites (tertiary alicyclic amines) is 1. The molecule has 0 aromatic heterocycles. The van der Waals surface area contributed by atoms with Crippen molar-refractivity contribution in [3.05, 3.63) is 0 Å². The number of nitrogens with one attached hydrogen (secondary N) is 1. The van der Waals surface area contributed by atoms with Crippen LogP contribution in [0.1, 0.15) is 25.7 Å². The van der Waals surface area contributed by atoms with Crippen molar-refractivity contribution in [3.63, 3.8) is 0 Å². The molecule has 4 heteroatoms. The van der Waals surface area contributed by atoms with E-state index in [2.05, 4.69) is 10.2 Å². The topological polar surface area (TPSA) is 33.7 Å². The third-order valence-corrected chi connectivity index (χ3v) is 4.11. The number of methoxy groups -OCH3 is 1. The second-order valence-corrected chi connectivity index (χ2v) is 5.58. The van der Waals surface area contributed by atoms with Gasteiger partial charge in [-0.25, -0.2) is 0 Å². The Morgan fingerprint density at radius 2 is 2.11 bits per heavy atom. The molecule has 2 aliphatic rings. The quantitative estimate of drug-likeness (QED) is 0.692. The van der Waals surface area contributed by atoms with Crippen LogP contribution in [0.3, 0.4) is 0 Å². The van der Waals surface area contributed by atoms with Crippen LogP contribution < -0.4 is 5.32 Å². The van der Waals surface area contributed by atoms with E-state index in [-0.39, 0.29) is 0 Å². The fourth-order valence-corrected chi connectivity index (χ4v) is 2.93. The van der Waals surface area contributed by atoms with Gasteiger partial charge in [0.25, 0.3) is 0 Å². The largest absolute Gasteiger partial charge is 0.383 e. The molecule has 2 aliphatic heterocycles. The van der Waals surface area contributed by atoms with Crippen molar-refractivity contribution in [2.45, 2.75) is 31.8 Å². The van der Waals surface area contributed by atoms with Crippen LogP contribution >= 0.6 is 0 Å². The lowest BCUT2D eigenvalue weighted by molar-refractivity contribution is 0.0597. The van der Waals surface area contributed by atoms with E-state index < -0.39 is 0 Å². The van der Waals surface area contributed by atoms with E-state index >= 15 is 0 Å². The SMILES string of the molecule is COCCNCC1CCN(CC2CCCO2)CC1. The van der Waals surface area contributed by atoms with E-state index in [0.29, 0.717) is 6.10 Å². The van der Waals surface area contributed by atoms with Crippen molar-refractivity contribution in [1.29, 1.82) is 0 Å². The minimum Gasteiger partial charge on any atom is -0.383 e. The molecule has 18 heavy (non-hydrogen) atoms. The van der Waals surface area contributed by atoms with Crippen molar-refractivity contribution in [2.24, 2.45) is 5.92 Å². The van der Waals surface area contributed by atoms with Gasteiger partial charge < -0.3 is 19.7 Å². The molecule has 106 valence electrons. The summed E-state index contributed by atoms with van der Waals surface area (Å²) in [6, 6.07) is 0. The lowest BCUT2D eigenvalue weighted by Crippen LogP contribution is -2.41. The molecule has 2 saturated heterocycles. The van der Waals surface area contributed by atoms with Crippen LogP contribution in [0.5, 0.6) is 0 Å². The third kappa shape index (κ3) is 4.84. The molecule has 2 rings (SSSR count). The maximum atomic E-state index is 5.71. The lowest BCUT2D eigenvalue weighted by atomic mass is 9.96. The molecule has 0 radical (unpaired) electrons. The van der Waals surface area contributed by atoms with Gasteiger partial charge in [-0.1, -0.05) is 0 Å². The van der Waals surface area contributed by atoms with E-state index in [0.717, 1.165) is 38.8 Å². The van der Waals surface area contributed by atoms with Gasteiger partial charge in [0.15, 0.2) is 0 Å². The highest BCUT2D eigenvalue weighted by molar-refractivity contribution is 4.77. The zero-order valence-electron chi connectivity index (χ0n) is 11.7. The highest BCUT2D eigenvalue weighted by atomic mass is 16.5. The highest BCUT2D eigenvalue weighted by Gasteiger charge is 2.23. The molecule has 2 fully saturated rings. The van der Waals surface area contributed by atoms with E-state index in [4.69, 9.17) is 9.47 Å². The lowest BCUT2D eigenvalue weighted by Gasteiger charge is -2.33. The monoisotopic (exact) mass is 256 g/mol. The van der Waals surface area contributed by atoms with Gasteiger partial charge in [0, 0.05) is 26.8 Å². The van der Waals surface area contributed by atoms with Crippen LogP contribution in [0, 0.1) is 5.92 Å². The minimum absolute atomic E-state index is 0.515. The van der Waals surface area contributed by atoms with Crippen LogP contribution in [-0.2, 0) is 9.47 Å². The highest BCUT2D eigenvalue weighted by Crippen LogP contribution is 2.19. The average Bonchev–Trinajstić information content (AvgIpc) is 2.89. The molecular formula is C14H28N2O2. The smallest absolute Gasteiger partial charge is 0.0702 e. The maximum Gasteiger partial charge on any atom is 0.0702 e. The Hall–Kier alpha value is -0.160. The molecule has 0 amide bonds. The van der Waals surface area contributed by atoms with Gasteiger partial charge in [0.2, 0.25) is 0 Å². The van der Waals surface area contributed by atoms with Crippen LogP contribution in [-0.4, -0.2) is 64.1 Å². The molecule has 1 N–H and O–H groups in total. The summed E-state index contributed by atoms with van der Waals surface area (Å²) in [4.78, 5) is 2.58. The van der Waals surface area contributed by atoms with Crippen molar-refractivity contribution in [3.8, 4) is 0 Å². The van der Waals surface area contributed by atoms with Crippen LogP contribution in [0.4, 0.5) is 0 Å². The van der Waals surface area contributed by atoms with Crippen molar-refractivity contribution in [2.75, 3.05) is 53.0 Å². The summed E-state index contributed by atoms with van der Waals surface area (Å²) in [5, 5.41) is 3.48. The molecule has 0 bridgehead atoms. The van der Waals surface area contributed by atoms with Crippen molar-refractivity contribution in [1.82, 2.24) is 10.2 Å². The summed E-state index contributed by atoms with van der Waals surface area (Å²) in [5.74, 6) is 0.850. The predicted octanol–water partition coefficient (Wildman–Crippen LogP) is 1.11. The summed E-state index contributed by atoms with van der Waals surface area (Å²) >= 11 is 0. The standard InChI is InChI=1S/C14H28N2O2/c1-17-10-6-15-11-13-4-7-16(8-5-13)12-14-3-2-9-18-14/h13-15H,2-12H2,1H3. The first kappa shape index (κ1) is 14.3. The van der Waals surface area contributed by atoms with Gasteiger partial charge in [-0.2, -0.15) is 0 Å². The Labute approximate surface area is 111 Å². The van der Waals surface area contributed by atoms with Gasteiger partial charge in [0.05, 0.1) is 12.7 Å². The van der Waals surface area contributed by atoms with E-state index in [9.17, 15) is 0 Å². The molecule has 0 saturated carbocycles. The van der Waals surface area contributed by atoms with Crippen LogP contribution in [0.2, 0.25) is 0 Å². The van der Waals surface area contributed by atoms with Gasteiger partial charge >= 0.3 is 0 Å². The van der Waals surface area contributed by atoms with Gasteiger partial charge in [-0.05, 0) is 51.2 Å².